The van der Waals surface area contributed by atoms with Crippen molar-refractivity contribution in [3.8, 4) is 0 Å². The van der Waals surface area contributed by atoms with Crippen molar-refractivity contribution in [2.24, 2.45) is 10.9 Å². The van der Waals surface area contributed by atoms with Gasteiger partial charge in [-0.1, -0.05) is 12.1 Å². The van der Waals surface area contributed by atoms with E-state index in [2.05, 4.69) is 28.1 Å². The fourth-order valence-electron chi connectivity index (χ4n) is 4.34. The van der Waals surface area contributed by atoms with E-state index >= 15 is 0 Å². The van der Waals surface area contributed by atoms with Crippen LogP contribution in [0, 0.1) is 5.92 Å². The first-order valence-corrected chi connectivity index (χ1v) is 11.1. The van der Waals surface area contributed by atoms with Crippen LogP contribution in [0.15, 0.2) is 29.3 Å². The van der Waals surface area contributed by atoms with Crippen molar-refractivity contribution < 1.29 is 4.79 Å². The van der Waals surface area contributed by atoms with Crippen molar-refractivity contribution in [1.29, 1.82) is 0 Å². The molecule has 0 aliphatic carbocycles. The molecule has 6 heteroatoms. The van der Waals surface area contributed by atoms with Gasteiger partial charge < -0.3 is 20.0 Å². The molecule has 0 saturated carbocycles. The minimum Gasteiger partial charge on any atom is -0.357 e. The largest absolute Gasteiger partial charge is 0.357 e. The Bertz CT molecular complexity index is 696. The van der Waals surface area contributed by atoms with E-state index in [-0.39, 0.29) is 5.91 Å². The first kappa shape index (κ1) is 21.6. The normalized spacial score (nSPS) is 20.3. The third-order valence-electron chi connectivity index (χ3n) is 5.88. The summed E-state index contributed by atoms with van der Waals surface area (Å²) in [7, 11) is 3.57. The van der Waals surface area contributed by atoms with Gasteiger partial charge in [-0.2, -0.15) is 0 Å². The number of aliphatic imine (C=N–C) groups is 1. The van der Waals surface area contributed by atoms with Crippen LogP contribution in [-0.4, -0.2) is 86.5 Å². The summed E-state index contributed by atoms with van der Waals surface area (Å²) in [6, 6.07) is 7.91. The third kappa shape index (κ3) is 6.20. The van der Waals surface area contributed by atoms with Gasteiger partial charge in [0.15, 0.2) is 5.96 Å². The molecule has 1 aromatic rings. The Hall–Kier alpha value is -2.08. The van der Waals surface area contributed by atoms with Crippen LogP contribution in [0.1, 0.15) is 42.1 Å². The maximum atomic E-state index is 12.2. The first-order valence-electron chi connectivity index (χ1n) is 11.1. The maximum absolute atomic E-state index is 12.2. The molecule has 2 aliphatic heterocycles. The fraction of sp³-hybridized carbons (Fsp3) is 0.652. The molecule has 29 heavy (non-hydrogen) atoms. The maximum Gasteiger partial charge on any atom is 0.253 e. The molecule has 0 bridgehead atoms. The Morgan fingerprint density at radius 1 is 1.24 bits per heavy atom. The van der Waals surface area contributed by atoms with Crippen molar-refractivity contribution >= 4 is 11.9 Å². The number of benzene rings is 1. The number of carbonyl (C=O) groups is 1. The molecule has 1 amide bonds. The molecule has 160 valence electrons. The van der Waals surface area contributed by atoms with Crippen LogP contribution in [0.3, 0.4) is 0 Å². The zero-order valence-corrected chi connectivity index (χ0v) is 18.4. The highest BCUT2D eigenvalue weighted by Crippen LogP contribution is 2.20. The van der Waals surface area contributed by atoms with E-state index in [1.165, 1.54) is 38.9 Å². The number of amides is 1. The van der Waals surface area contributed by atoms with Gasteiger partial charge in [0, 0.05) is 52.4 Å². The van der Waals surface area contributed by atoms with E-state index in [0.29, 0.717) is 0 Å². The minimum atomic E-state index is 0.0461. The number of guanidine groups is 1. The number of carbonyl (C=O) groups excluding carboxylic acids is 1. The van der Waals surface area contributed by atoms with Crippen molar-refractivity contribution in [3.63, 3.8) is 0 Å². The second kappa shape index (κ2) is 10.6. The highest BCUT2D eigenvalue weighted by Gasteiger charge is 2.27. The molecule has 6 nitrogen and oxygen atoms in total. The average Bonchev–Trinajstić information content (AvgIpc) is 3.39. The molecule has 0 spiro atoms. The summed E-state index contributed by atoms with van der Waals surface area (Å²) >= 11 is 0. The lowest BCUT2D eigenvalue weighted by Crippen LogP contribution is -2.41. The van der Waals surface area contributed by atoms with Gasteiger partial charge in [0.05, 0.1) is 0 Å². The molecule has 2 heterocycles. The minimum absolute atomic E-state index is 0.0461. The standard InChI is InChI=1S/C23H37N5O/c1-4-24-23(28-15-11-20(18-28)17-27-13-5-6-14-27)25-12-10-19-8-7-9-21(16-19)22(29)26(2)3/h7-9,16,20H,4-6,10-15,17-18H2,1-3H3,(H,24,25). The first-order chi connectivity index (χ1) is 14.1. The highest BCUT2D eigenvalue weighted by atomic mass is 16.2. The second-order valence-electron chi connectivity index (χ2n) is 8.49. The van der Waals surface area contributed by atoms with Crippen LogP contribution >= 0.6 is 0 Å². The van der Waals surface area contributed by atoms with Gasteiger partial charge in [0.1, 0.15) is 0 Å². The van der Waals surface area contributed by atoms with Crippen molar-refractivity contribution in [2.75, 3.05) is 59.9 Å². The molecule has 1 unspecified atom stereocenters. The lowest BCUT2D eigenvalue weighted by Gasteiger charge is -2.23. The average molecular weight is 400 g/mol. The fourth-order valence-corrected chi connectivity index (χ4v) is 4.34. The summed E-state index contributed by atoms with van der Waals surface area (Å²) in [5.74, 6) is 1.84. The van der Waals surface area contributed by atoms with Gasteiger partial charge in [0.2, 0.25) is 0 Å². The topological polar surface area (TPSA) is 51.2 Å². The predicted molar refractivity (Wildman–Crippen MR) is 119 cm³/mol. The Kier molecular flexibility index (Phi) is 7.92. The molecule has 2 fully saturated rings. The lowest BCUT2D eigenvalue weighted by atomic mass is 10.1. The molecule has 1 atom stereocenters. The van der Waals surface area contributed by atoms with Crippen LogP contribution < -0.4 is 5.32 Å². The number of likely N-dealkylation sites (tertiary alicyclic amines) is 2. The monoisotopic (exact) mass is 399 g/mol. The van der Waals surface area contributed by atoms with Crippen LogP contribution in [0.2, 0.25) is 0 Å². The molecule has 1 aromatic carbocycles. The summed E-state index contributed by atoms with van der Waals surface area (Å²) in [5.41, 5.74) is 1.90. The van der Waals surface area contributed by atoms with Crippen molar-refractivity contribution in [3.05, 3.63) is 35.4 Å². The van der Waals surface area contributed by atoms with E-state index in [4.69, 9.17) is 4.99 Å². The van der Waals surface area contributed by atoms with E-state index < -0.39 is 0 Å². The second-order valence-corrected chi connectivity index (χ2v) is 8.49. The van der Waals surface area contributed by atoms with E-state index in [9.17, 15) is 4.79 Å². The smallest absolute Gasteiger partial charge is 0.253 e. The van der Waals surface area contributed by atoms with E-state index in [1.54, 1.807) is 19.0 Å². The Morgan fingerprint density at radius 3 is 2.76 bits per heavy atom. The number of nitrogens with one attached hydrogen (secondary N) is 1. The Balaban J connectivity index is 1.54. The zero-order valence-electron chi connectivity index (χ0n) is 18.4. The van der Waals surface area contributed by atoms with Crippen LogP contribution in [-0.2, 0) is 6.42 Å². The molecular formula is C23H37N5O. The number of rotatable bonds is 7. The van der Waals surface area contributed by atoms with Gasteiger partial charge in [-0.15, -0.1) is 0 Å². The predicted octanol–water partition coefficient (Wildman–Crippen LogP) is 2.31. The SMILES string of the molecule is CCNC(=NCCc1cccc(C(=O)N(C)C)c1)N1CCC(CN2CCCC2)C1. The van der Waals surface area contributed by atoms with Gasteiger partial charge in [0.25, 0.3) is 5.91 Å². The highest BCUT2D eigenvalue weighted by molar-refractivity contribution is 5.94. The number of hydrogen-bond donors (Lipinski definition) is 1. The van der Waals surface area contributed by atoms with Crippen molar-refractivity contribution in [2.45, 2.75) is 32.6 Å². The van der Waals surface area contributed by atoms with E-state index in [0.717, 1.165) is 55.6 Å². The number of nitrogens with zero attached hydrogens (tertiary/aromatic N) is 4. The summed E-state index contributed by atoms with van der Waals surface area (Å²) in [5, 5.41) is 3.47. The zero-order chi connectivity index (χ0) is 20.6. The molecule has 2 aliphatic rings. The van der Waals surface area contributed by atoms with Gasteiger partial charge in [-0.3, -0.25) is 9.79 Å². The van der Waals surface area contributed by atoms with Gasteiger partial charge >= 0.3 is 0 Å². The summed E-state index contributed by atoms with van der Waals surface area (Å²) in [6.07, 6.45) is 4.83. The Morgan fingerprint density at radius 2 is 2.03 bits per heavy atom. The van der Waals surface area contributed by atoms with Crippen LogP contribution in [0.4, 0.5) is 0 Å². The molecule has 1 N–H and O–H groups in total. The van der Waals surface area contributed by atoms with Gasteiger partial charge in [-0.25, -0.2) is 0 Å². The van der Waals surface area contributed by atoms with E-state index in [1.807, 2.05) is 18.2 Å². The lowest BCUT2D eigenvalue weighted by molar-refractivity contribution is 0.0827. The van der Waals surface area contributed by atoms with Crippen LogP contribution in [0.25, 0.3) is 0 Å². The summed E-state index contributed by atoms with van der Waals surface area (Å²) in [4.78, 5) is 23.7. The molecule has 0 radical (unpaired) electrons. The summed E-state index contributed by atoms with van der Waals surface area (Å²) in [6.45, 7) is 9.74. The quantitative estimate of drug-likeness (QED) is 0.565. The molecule has 3 rings (SSSR count). The van der Waals surface area contributed by atoms with Crippen molar-refractivity contribution in [1.82, 2.24) is 20.0 Å². The number of hydrogen-bond acceptors (Lipinski definition) is 3. The van der Waals surface area contributed by atoms with Crippen LogP contribution in [0.5, 0.6) is 0 Å². The summed E-state index contributed by atoms with van der Waals surface area (Å²) < 4.78 is 0. The third-order valence-corrected chi connectivity index (χ3v) is 5.88. The molecule has 0 aromatic heterocycles. The van der Waals surface area contributed by atoms with Gasteiger partial charge in [-0.05, 0) is 69.3 Å². The Labute approximate surface area is 176 Å². The molecule has 2 saturated heterocycles. The molecular weight excluding hydrogens is 362 g/mol.